The standard InChI is InChI=1S/C12H12Cl2O3/c13-8-4-7(6-15)12(9(14)5-8)17-11-3-1-2-10(11)16/h4-6,10-11,16H,1-3H2. The third-order valence-electron chi connectivity index (χ3n) is 2.85. The largest absolute Gasteiger partial charge is 0.485 e. The van der Waals surface area contributed by atoms with Crippen LogP contribution in [0.5, 0.6) is 5.75 Å². The summed E-state index contributed by atoms with van der Waals surface area (Å²) in [5, 5.41) is 10.4. The molecule has 5 heteroatoms. The van der Waals surface area contributed by atoms with Crippen molar-refractivity contribution in [1.82, 2.24) is 0 Å². The quantitative estimate of drug-likeness (QED) is 0.862. The molecule has 0 aromatic heterocycles. The zero-order chi connectivity index (χ0) is 12.4. The van der Waals surface area contributed by atoms with Crippen LogP contribution in [-0.4, -0.2) is 23.6 Å². The smallest absolute Gasteiger partial charge is 0.153 e. The van der Waals surface area contributed by atoms with Crippen LogP contribution in [0.15, 0.2) is 12.1 Å². The summed E-state index contributed by atoms with van der Waals surface area (Å²) in [6.45, 7) is 0. The summed E-state index contributed by atoms with van der Waals surface area (Å²) in [5.74, 6) is 0.303. The number of aliphatic hydroxyl groups is 1. The summed E-state index contributed by atoms with van der Waals surface area (Å²) in [6.07, 6.45) is 2.24. The topological polar surface area (TPSA) is 46.5 Å². The second-order valence-corrected chi connectivity index (χ2v) is 4.92. The molecule has 1 aliphatic carbocycles. The molecule has 0 spiro atoms. The van der Waals surface area contributed by atoms with Crippen LogP contribution in [0.3, 0.4) is 0 Å². The number of aldehydes is 1. The maximum absolute atomic E-state index is 10.9. The van der Waals surface area contributed by atoms with E-state index in [4.69, 9.17) is 27.9 Å². The van der Waals surface area contributed by atoms with Crippen LogP contribution in [-0.2, 0) is 0 Å². The van der Waals surface area contributed by atoms with Gasteiger partial charge in [-0.1, -0.05) is 23.2 Å². The van der Waals surface area contributed by atoms with E-state index in [2.05, 4.69) is 0 Å². The molecule has 92 valence electrons. The van der Waals surface area contributed by atoms with Gasteiger partial charge in [0.15, 0.2) is 6.29 Å². The van der Waals surface area contributed by atoms with Crippen LogP contribution in [0.25, 0.3) is 0 Å². The van der Waals surface area contributed by atoms with E-state index in [9.17, 15) is 9.90 Å². The Bertz CT molecular complexity index is 434. The van der Waals surface area contributed by atoms with Crippen LogP contribution in [0.2, 0.25) is 10.0 Å². The van der Waals surface area contributed by atoms with E-state index in [1.165, 1.54) is 12.1 Å². The highest BCUT2D eigenvalue weighted by molar-refractivity contribution is 6.36. The number of carbonyl (C=O) groups is 1. The van der Waals surface area contributed by atoms with Gasteiger partial charge in [-0.2, -0.15) is 0 Å². The van der Waals surface area contributed by atoms with Gasteiger partial charge in [-0.05, 0) is 31.4 Å². The molecule has 1 aliphatic rings. The summed E-state index contributed by atoms with van der Waals surface area (Å²) in [7, 11) is 0. The van der Waals surface area contributed by atoms with Crippen LogP contribution < -0.4 is 4.74 Å². The molecule has 17 heavy (non-hydrogen) atoms. The molecule has 0 aliphatic heterocycles. The number of benzene rings is 1. The highest BCUT2D eigenvalue weighted by Crippen LogP contribution is 2.34. The van der Waals surface area contributed by atoms with E-state index in [1.807, 2.05) is 0 Å². The van der Waals surface area contributed by atoms with Crippen molar-refractivity contribution in [2.24, 2.45) is 0 Å². The lowest BCUT2D eigenvalue weighted by Crippen LogP contribution is -2.26. The number of hydrogen-bond acceptors (Lipinski definition) is 3. The van der Waals surface area contributed by atoms with Crippen LogP contribution in [0, 0.1) is 0 Å². The van der Waals surface area contributed by atoms with Gasteiger partial charge in [0.05, 0.1) is 16.7 Å². The van der Waals surface area contributed by atoms with Crippen molar-refractivity contribution in [3.63, 3.8) is 0 Å². The van der Waals surface area contributed by atoms with Crippen LogP contribution in [0.4, 0.5) is 0 Å². The van der Waals surface area contributed by atoms with Gasteiger partial charge in [-0.15, -0.1) is 0 Å². The lowest BCUT2D eigenvalue weighted by Gasteiger charge is -2.19. The molecule has 1 N–H and O–H groups in total. The van der Waals surface area contributed by atoms with Gasteiger partial charge in [-0.3, -0.25) is 4.79 Å². The van der Waals surface area contributed by atoms with Crippen molar-refractivity contribution in [3.8, 4) is 5.75 Å². The molecule has 2 rings (SSSR count). The van der Waals surface area contributed by atoms with Crippen molar-refractivity contribution in [2.75, 3.05) is 0 Å². The number of carbonyl (C=O) groups excluding carboxylic acids is 1. The molecule has 1 aromatic carbocycles. The molecule has 3 nitrogen and oxygen atoms in total. The van der Waals surface area contributed by atoms with Gasteiger partial charge in [-0.25, -0.2) is 0 Å². The number of hydrogen-bond donors (Lipinski definition) is 1. The third kappa shape index (κ3) is 2.73. The predicted octanol–water partition coefficient (Wildman–Crippen LogP) is 3.10. The number of halogens is 2. The normalized spacial score (nSPS) is 23.7. The SMILES string of the molecule is O=Cc1cc(Cl)cc(Cl)c1OC1CCCC1O. The Labute approximate surface area is 109 Å². The zero-order valence-electron chi connectivity index (χ0n) is 9.03. The first-order valence-electron chi connectivity index (χ1n) is 5.40. The fourth-order valence-corrected chi connectivity index (χ4v) is 2.54. The van der Waals surface area contributed by atoms with E-state index in [0.29, 0.717) is 34.1 Å². The molecule has 0 amide bonds. The van der Waals surface area contributed by atoms with Crippen molar-refractivity contribution >= 4 is 29.5 Å². The summed E-state index contributed by atoms with van der Waals surface area (Å²) in [5.41, 5.74) is 0.307. The van der Waals surface area contributed by atoms with Gasteiger partial charge in [0.1, 0.15) is 11.9 Å². The Morgan fingerprint density at radius 2 is 2.12 bits per heavy atom. The molecule has 1 aromatic rings. The molecule has 1 fully saturated rings. The van der Waals surface area contributed by atoms with Crippen LogP contribution in [0.1, 0.15) is 29.6 Å². The Hall–Kier alpha value is -0.770. The van der Waals surface area contributed by atoms with Crippen molar-refractivity contribution in [3.05, 3.63) is 27.7 Å². The minimum atomic E-state index is -0.499. The summed E-state index contributed by atoms with van der Waals surface area (Å²) in [4.78, 5) is 10.9. The minimum Gasteiger partial charge on any atom is -0.485 e. The highest BCUT2D eigenvalue weighted by atomic mass is 35.5. The fraction of sp³-hybridized carbons (Fsp3) is 0.417. The summed E-state index contributed by atoms with van der Waals surface area (Å²) < 4.78 is 5.62. The molecule has 0 saturated heterocycles. The average molecular weight is 275 g/mol. The van der Waals surface area contributed by atoms with E-state index in [0.717, 1.165) is 12.8 Å². The molecular formula is C12H12Cl2O3. The molecule has 2 atom stereocenters. The van der Waals surface area contributed by atoms with Crippen LogP contribution >= 0.6 is 23.2 Å². The maximum Gasteiger partial charge on any atom is 0.153 e. The van der Waals surface area contributed by atoms with Gasteiger partial charge in [0, 0.05) is 5.02 Å². The minimum absolute atomic E-state index is 0.290. The first-order valence-corrected chi connectivity index (χ1v) is 6.16. The third-order valence-corrected chi connectivity index (χ3v) is 3.35. The van der Waals surface area contributed by atoms with E-state index >= 15 is 0 Å². The van der Waals surface area contributed by atoms with E-state index in [-0.39, 0.29) is 6.10 Å². The van der Waals surface area contributed by atoms with Gasteiger partial charge in [0.25, 0.3) is 0 Å². The Morgan fingerprint density at radius 3 is 2.71 bits per heavy atom. The first kappa shape index (κ1) is 12.7. The monoisotopic (exact) mass is 274 g/mol. The highest BCUT2D eigenvalue weighted by Gasteiger charge is 2.28. The number of rotatable bonds is 3. The first-order chi connectivity index (χ1) is 8.11. The second kappa shape index (κ2) is 5.25. The lowest BCUT2D eigenvalue weighted by atomic mass is 10.2. The Morgan fingerprint density at radius 1 is 1.35 bits per heavy atom. The summed E-state index contributed by atoms with van der Waals surface area (Å²) in [6, 6.07) is 3.02. The average Bonchev–Trinajstić information content (AvgIpc) is 2.68. The molecule has 0 heterocycles. The molecule has 2 unspecified atom stereocenters. The molecular weight excluding hydrogens is 263 g/mol. The van der Waals surface area contributed by atoms with E-state index in [1.54, 1.807) is 0 Å². The van der Waals surface area contributed by atoms with E-state index < -0.39 is 6.10 Å². The molecule has 0 radical (unpaired) electrons. The van der Waals surface area contributed by atoms with Gasteiger partial charge in [0.2, 0.25) is 0 Å². The molecule has 0 bridgehead atoms. The Balaban J connectivity index is 2.28. The number of aliphatic hydroxyl groups excluding tert-OH is 1. The van der Waals surface area contributed by atoms with Crippen molar-refractivity contribution in [1.29, 1.82) is 0 Å². The number of ether oxygens (including phenoxy) is 1. The van der Waals surface area contributed by atoms with Crippen molar-refractivity contribution in [2.45, 2.75) is 31.5 Å². The Kier molecular flexibility index (Phi) is 3.92. The zero-order valence-corrected chi connectivity index (χ0v) is 10.5. The predicted molar refractivity (Wildman–Crippen MR) is 66.1 cm³/mol. The van der Waals surface area contributed by atoms with Gasteiger partial charge < -0.3 is 9.84 Å². The lowest BCUT2D eigenvalue weighted by molar-refractivity contribution is 0.0598. The van der Waals surface area contributed by atoms with Crippen molar-refractivity contribution < 1.29 is 14.6 Å². The maximum atomic E-state index is 10.9. The summed E-state index contributed by atoms with van der Waals surface area (Å²) >= 11 is 11.8. The second-order valence-electron chi connectivity index (χ2n) is 4.08. The molecule has 1 saturated carbocycles. The fourth-order valence-electron chi connectivity index (χ4n) is 1.99. The van der Waals surface area contributed by atoms with Gasteiger partial charge >= 0.3 is 0 Å².